The third kappa shape index (κ3) is 3.38. The lowest BCUT2D eigenvalue weighted by Gasteiger charge is -2.11. The molecule has 1 unspecified atom stereocenters. The molecule has 0 amide bonds. The van der Waals surface area contributed by atoms with Crippen molar-refractivity contribution < 1.29 is 13.5 Å². The van der Waals surface area contributed by atoms with Gasteiger partial charge in [-0.05, 0) is 29.3 Å². The van der Waals surface area contributed by atoms with Gasteiger partial charge in [0.05, 0.1) is 12.4 Å². The fourth-order valence-corrected chi connectivity index (χ4v) is 2.82. The third-order valence-electron chi connectivity index (χ3n) is 1.76. The third-order valence-corrected chi connectivity index (χ3v) is 3.89. The van der Waals surface area contributed by atoms with Crippen molar-refractivity contribution in [3.05, 3.63) is 22.4 Å². The molecule has 1 aromatic rings. The first-order valence-electron chi connectivity index (χ1n) is 4.18. The van der Waals surface area contributed by atoms with Crippen LogP contribution in [0.4, 0.5) is 0 Å². The smallest absolute Gasteiger partial charge is 0.214 e. The summed E-state index contributed by atoms with van der Waals surface area (Å²) in [4.78, 5) is 0. The van der Waals surface area contributed by atoms with E-state index in [9.17, 15) is 8.42 Å². The molecule has 0 saturated heterocycles. The second-order valence-corrected chi connectivity index (χ2v) is 5.59. The van der Waals surface area contributed by atoms with E-state index in [4.69, 9.17) is 5.11 Å². The monoisotopic (exact) mass is 235 g/mol. The van der Waals surface area contributed by atoms with Crippen LogP contribution in [0.25, 0.3) is 0 Å². The van der Waals surface area contributed by atoms with Crippen molar-refractivity contribution in [2.75, 3.05) is 12.4 Å². The molecule has 14 heavy (non-hydrogen) atoms. The largest absolute Gasteiger partial charge is 0.395 e. The second kappa shape index (κ2) is 4.88. The van der Waals surface area contributed by atoms with Gasteiger partial charge in [-0.2, -0.15) is 11.3 Å². The molecule has 0 spiro atoms. The van der Waals surface area contributed by atoms with Gasteiger partial charge in [0.25, 0.3) is 0 Å². The highest BCUT2D eigenvalue weighted by molar-refractivity contribution is 7.89. The summed E-state index contributed by atoms with van der Waals surface area (Å²) in [6.07, 6.45) is 0. The van der Waals surface area contributed by atoms with Gasteiger partial charge in [0, 0.05) is 6.04 Å². The maximum atomic E-state index is 11.3. The number of hydrogen-bond donors (Lipinski definition) is 2. The van der Waals surface area contributed by atoms with E-state index in [1.165, 1.54) is 11.3 Å². The van der Waals surface area contributed by atoms with Crippen LogP contribution in [0, 0.1) is 0 Å². The summed E-state index contributed by atoms with van der Waals surface area (Å²) in [5.74, 6) is -0.249. The molecule has 0 radical (unpaired) electrons. The van der Waals surface area contributed by atoms with Gasteiger partial charge in [-0.15, -0.1) is 0 Å². The summed E-state index contributed by atoms with van der Waals surface area (Å²) in [5.41, 5.74) is 0.941. The van der Waals surface area contributed by atoms with Crippen LogP contribution >= 0.6 is 11.3 Å². The lowest BCUT2D eigenvalue weighted by atomic mass is 10.2. The van der Waals surface area contributed by atoms with E-state index < -0.39 is 10.0 Å². The van der Waals surface area contributed by atoms with Crippen LogP contribution in [0.2, 0.25) is 0 Å². The highest BCUT2D eigenvalue weighted by Gasteiger charge is 2.14. The van der Waals surface area contributed by atoms with Crippen molar-refractivity contribution in [1.29, 1.82) is 0 Å². The first-order valence-corrected chi connectivity index (χ1v) is 6.77. The van der Waals surface area contributed by atoms with Crippen LogP contribution < -0.4 is 4.72 Å². The lowest BCUT2D eigenvalue weighted by Crippen LogP contribution is -2.30. The van der Waals surface area contributed by atoms with E-state index in [1.807, 2.05) is 16.8 Å². The van der Waals surface area contributed by atoms with E-state index >= 15 is 0 Å². The van der Waals surface area contributed by atoms with Gasteiger partial charge in [-0.3, -0.25) is 0 Å². The van der Waals surface area contributed by atoms with Crippen molar-refractivity contribution in [3.8, 4) is 0 Å². The number of thiophene rings is 1. The number of aliphatic hydroxyl groups excluding tert-OH is 1. The average molecular weight is 235 g/mol. The predicted molar refractivity (Wildman–Crippen MR) is 56.7 cm³/mol. The minimum absolute atomic E-state index is 0.238. The first-order chi connectivity index (χ1) is 6.55. The molecule has 0 aliphatic heterocycles. The molecule has 1 heterocycles. The predicted octanol–water partition coefficient (Wildman–Crippen LogP) is 0.721. The van der Waals surface area contributed by atoms with E-state index in [2.05, 4.69) is 4.72 Å². The van der Waals surface area contributed by atoms with Crippen LogP contribution in [0.3, 0.4) is 0 Å². The zero-order valence-electron chi connectivity index (χ0n) is 7.80. The fourth-order valence-electron chi connectivity index (χ4n) is 1.04. The van der Waals surface area contributed by atoms with Gasteiger partial charge in [0.15, 0.2) is 0 Å². The summed E-state index contributed by atoms with van der Waals surface area (Å²) in [7, 11) is -3.35. The zero-order chi connectivity index (χ0) is 10.6. The molecule has 4 nitrogen and oxygen atoms in total. The number of rotatable bonds is 5. The van der Waals surface area contributed by atoms with Crippen LogP contribution in [0.15, 0.2) is 16.8 Å². The van der Waals surface area contributed by atoms with Crippen LogP contribution in [0.1, 0.15) is 18.5 Å². The molecule has 2 N–H and O–H groups in total. The lowest BCUT2D eigenvalue weighted by molar-refractivity contribution is 0.319. The number of hydrogen-bond acceptors (Lipinski definition) is 4. The zero-order valence-corrected chi connectivity index (χ0v) is 9.44. The summed E-state index contributed by atoms with van der Waals surface area (Å²) in [5, 5.41) is 12.3. The Morgan fingerprint density at radius 2 is 2.36 bits per heavy atom. The molecular formula is C8H13NO3S2. The Morgan fingerprint density at radius 3 is 2.86 bits per heavy atom. The normalized spacial score (nSPS) is 14.1. The summed E-state index contributed by atoms with van der Waals surface area (Å²) < 4.78 is 25.0. The molecule has 6 heteroatoms. The van der Waals surface area contributed by atoms with E-state index in [1.54, 1.807) is 6.92 Å². The number of sulfonamides is 1. The molecule has 1 rings (SSSR count). The van der Waals surface area contributed by atoms with Gasteiger partial charge in [0.1, 0.15) is 0 Å². The van der Waals surface area contributed by atoms with Gasteiger partial charge in [-0.1, -0.05) is 0 Å². The molecule has 0 saturated carbocycles. The summed E-state index contributed by atoms with van der Waals surface area (Å²) in [6.45, 7) is 1.42. The first kappa shape index (κ1) is 11.6. The molecule has 0 fully saturated rings. The number of aliphatic hydroxyl groups is 1. The molecule has 0 aromatic carbocycles. The Bertz CT molecular complexity index is 358. The minimum Gasteiger partial charge on any atom is -0.395 e. The molecule has 1 atom stereocenters. The summed E-state index contributed by atoms with van der Waals surface area (Å²) in [6, 6.07) is 1.63. The second-order valence-electron chi connectivity index (χ2n) is 2.94. The molecular weight excluding hydrogens is 222 g/mol. The van der Waals surface area contributed by atoms with Crippen molar-refractivity contribution in [3.63, 3.8) is 0 Å². The SMILES string of the molecule is CC(NS(=O)(=O)CCO)c1ccsc1. The number of nitrogens with one attached hydrogen (secondary N) is 1. The highest BCUT2D eigenvalue weighted by Crippen LogP contribution is 2.16. The molecule has 80 valence electrons. The highest BCUT2D eigenvalue weighted by atomic mass is 32.2. The van der Waals surface area contributed by atoms with Crippen LogP contribution in [-0.4, -0.2) is 25.9 Å². The van der Waals surface area contributed by atoms with Crippen LogP contribution in [0.5, 0.6) is 0 Å². The Kier molecular flexibility index (Phi) is 4.06. The molecule has 0 bridgehead atoms. The van der Waals surface area contributed by atoms with Crippen molar-refractivity contribution >= 4 is 21.4 Å². The quantitative estimate of drug-likeness (QED) is 0.790. The van der Waals surface area contributed by atoms with E-state index in [-0.39, 0.29) is 18.4 Å². The Labute approximate surface area is 87.6 Å². The van der Waals surface area contributed by atoms with Gasteiger partial charge < -0.3 is 5.11 Å². The van der Waals surface area contributed by atoms with Gasteiger partial charge in [0.2, 0.25) is 10.0 Å². The summed E-state index contributed by atoms with van der Waals surface area (Å²) >= 11 is 1.52. The van der Waals surface area contributed by atoms with Crippen molar-refractivity contribution in [2.45, 2.75) is 13.0 Å². The van der Waals surface area contributed by atoms with Crippen LogP contribution in [-0.2, 0) is 10.0 Å². The van der Waals surface area contributed by atoms with Crippen molar-refractivity contribution in [1.82, 2.24) is 4.72 Å². The molecule has 0 aliphatic rings. The van der Waals surface area contributed by atoms with E-state index in [0.717, 1.165) is 5.56 Å². The Morgan fingerprint density at radius 1 is 1.64 bits per heavy atom. The van der Waals surface area contributed by atoms with E-state index in [0.29, 0.717) is 0 Å². The molecule has 1 aromatic heterocycles. The minimum atomic E-state index is -3.35. The molecule has 0 aliphatic carbocycles. The fraction of sp³-hybridized carbons (Fsp3) is 0.500. The Hall–Kier alpha value is -0.430. The maximum Gasteiger partial charge on any atom is 0.214 e. The topological polar surface area (TPSA) is 66.4 Å². The maximum absolute atomic E-state index is 11.3. The Balaban J connectivity index is 2.61. The standard InChI is InChI=1S/C8H13NO3S2/c1-7(8-2-4-13-6-8)9-14(11,12)5-3-10/h2,4,6-7,9-10H,3,5H2,1H3. The van der Waals surface area contributed by atoms with Gasteiger partial charge in [-0.25, -0.2) is 13.1 Å². The average Bonchev–Trinajstić information content (AvgIpc) is 2.53. The van der Waals surface area contributed by atoms with Gasteiger partial charge >= 0.3 is 0 Å². The van der Waals surface area contributed by atoms with Crippen molar-refractivity contribution in [2.24, 2.45) is 0 Å².